The van der Waals surface area contributed by atoms with E-state index in [1.165, 1.54) is 12.8 Å². The van der Waals surface area contributed by atoms with Crippen molar-refractivity contribution in [1.29, 1.82) is 0 Å². The lowest BCUT2D eigenvalue weighted by Gasteiger charge is -2.01. The molecule has 0 aliphatic heterocycles. The van der Waals surface area contributed by atoms with Crippen LogP contribution in [0.25, 0.3) is 0 Å². The van der Waals surface area contributed by atoms with Crippen LogP contribution >= 0.6 is 0 Å². The first kappa shape index (κ1) is 10.0. The SMILES string of the molecule is CC.Cc1ccn(C2CC2)c(=O)c1. The number of aromatic nitrogens is 1. The predicted molar refractivity (Wildman–Crippen MR) is 55.1 cm³/mol. The molecule has 0 N–H and O–H groups in total. The lowest BCUT2D eigenvalue weighted by molar-refractivity contribution is 0.705. The predicted octanol–water partition coefficient (Wildman–Crippen LogP) is 2.52. The second-order valence-corrected chi connectivity index (χ2v) is 3.18. The van der Waals surface area contributed by atoms with Gasteiger partial charge in [0.15, 0.2) is 0 Å². The molecule has 0 atom stereocenters. The maximum absolute atomic E-state index is 11.3. The van der Waals surface area contributed by atoms with Crippen LogP contribution in [0.2, 0.25) is 0 Å². The summed E-state index contributed by atoms with van der Waals surface area (Å²) in [6.45, 7) is 5.94. The normalized spacial score (nSPS) is 14.7. The summed E-state index contributed by atoms with van der Waals surface area (Å²) < 4.78 is 1.83. The van der Waals surface area contributed by atoms with Gasteiger partial charge in [-0.15, -0.1) is 0 Å². The van der Waals surface area contributed by atoms with Gasteiger partial charge < -0.3 is 4.57 Å². The highest BCUT2D eigenvalue weighted by Crippen LogP contribution is 2.32. The van der Waals surface area contributed by atoms with Crippen molar-refractivity contribution < 1.29 is 0 Å². The van der Waals surface area contributed by atoms with E-state index in [2.05, 4.69) is 0 Å². The van der Waals surface area contributed by atoms with Crippen LogP contribution in [0, 0.1) is 6.92 Å². The third-order valence-corrected chi connectivity index (χ3v) is 2.04. The van der Waals surface area contributed by atoms with Crippen LogP contribution in [-0.4, -0.2) is 4.57 Å². The van der Waals surface area contributed by atoms with E-state index in [0.717, 1.165) is 5.56 Å². The highest BCUT2D eigenvalue weighted by atomic mass is 16.1. The van der Waals surface area contributed by atoms with Gasteiger partial charge in [0.1, 0.15) is 0 Å². The number of nitrogens with zero attached hydrogens (tertiary/aromatic N) is 1. The van der Waals surface area contributed by atoms with Gasteiger partial charge in [-0.05, 0) is 31.4 Å². The van der Waals surface area contributed by atoms with Gasteiger partial charge in [-0.3, -0.25) is 4.79 Å². The summed E-state index contributed by atoms with van der Waals surface area (Å²) in [5, 5.41) is 0. The Morgan fingerprint density at radius 1 is 1.38 bits per heavy atom. The molecule has 1 heterocycles. The fourth-order valence-corrected chi connectivity index (χ4v) is 1.24. The van der Waals surface area contributed by atoms with Gasteiger partial charge in [-0.2, -0.15) is 0 Å². The van der Waals surface area contributed by atoms with Crippen molar-refractivity contribution in [2.24, 2.45) is 0 Å². The molecular weight excluding hydrogens is 162 g/mol. The Bertz CT molecular complexity index is 323. The minimum atomic E-state index is 0.146. The number of pyridine rings is 1. The summed E-state index contributed by atoms with van der Waals surface area (Å²) in [5.74, 6) is 0. The Balaban J connectivity index is 0.000000396. The van der Waals surface area contributed by atoms with Crippen molar-refractivity contribution in [1.82, 2.24) is 4.57 Å². The molecule has 13 heavy (non-hydrogen) atoms. The topological polar surface area (TPSA) is 22.0 Å². The fourth-order valence-electron chi connectivity index (χ4n) is 1.24. The highest BCUT2D eigenvalue weighted by Gasteiger charge is 2.23. The van der Waals surface area contributed by atoms with Crippen LogP contribution in [-0.2, 0) is 0 Å². The maximum Gasteiger partial charge on any atom is 0.251 e. The Morgan fingerprint density at radius 3 is 2.46 bits per heavy atom. The zero-order chi connectivity index (χ0) is 9.84. The van der Waals surface area contributed by atoms with Crippen molar-refractivity contribution in [2.75, 3.05) is 0 Å². The first-order valence-corrected chi connectivity index (χ1v) is 4.96. The van der Waals surface area contributed by atoms with Crippen LogP contribution in [0.5, 0.6) is 0 Å². The van der Waals surface area contributed by atoms with Crippen LogP contribution < -0.4 is 5.56 Å². The second-order valence-electron chi connectivity index (χ2n) is 3.18. The minimum absolute atomic E-state index is 0.146. The van der Waals surface area contributed by atoms with Crippen molar-refractivity contribution in [3.8, 4) is 0 Å². The molecule has 2 rings (SSSR count). The molecule has 1 fully saturated rings. The molecule has 0 unspecified atom stereocenters. The molecular formula is C11H17NO. The molecule has 0 bridgehead atoms. The van der Waals surface area contributed by atoms with Crippen molar-refractivity contribution in [3.05, 3.63) is 34.2 Å². The highest BCUT2D eigenvalue weighted by molar-refractivity contribution is 5.09. The largest absolute Gasteiger partial charge is 0.312 e. The van der Waals surface area contributed by atoms with Gasteiger partial charge in [0.2, 0.25) is 0 Å². The molecule has 0 saturated heterocycles. The summed E-state index contributed by atoms with van der Waals surface area (Å²) in [7, 11) is 0. The molecule has 0 amide bonds. The summed E-state index contributed by atoms with van der Waals surface area (Å²) in [6.07, 6.45) is 4.24. The van der Waals surface area contributed by atoms with Crippen LogP contribution in [0.4, 0.5) is 0 Å². The average Bonchev–Trinajstić information content (AvgIpc) is 2.91. The molecule has 0 aromatic carbocycles. The lowest BCUT2D eigenvalue weighted by Crippen LogP contribution is -2.16. The Hall–Kier alpha value is -1.05. The molecule has 1 aromatic rings. The Labute approximate surface area is 79.2 Å². The first-order chi connectivity index (χ1) is 6.27. The lowest BCUT2D eigenvalue weighted by atomic mass is 10.3. The Morgan fingerprint density at radius 2 is 2.00 bits per heavy atom. The molecule has 1 aromatic heterocycles. The van der Waals surface area contributed by atoms with Crippen molar-refractivity contribution >= 4 is 0 Å². The number of aryl methyl sites for hydroxylation is 1. The molecule has 72 valence electrons. The van der Waals surface area contributed by atoms with Crippen LogP contribution in [0.15, 0.2) is 23.1 Å². The van der Waals surface area contributed by atoms with E-state index >= 15 is 0 Å². The summed E-state index contributed by atoms with van der Waals surface area (Å²) in [4.78, 5) is 11.3. The van der Waals surface area contributed by atoms with E-state index in [0.29, 0.717) is 6.04 Å². The Kier molecular flexibility index (Phi) is 3.29. The standard InChI is InChI=1S/C9H11NO.C2H6/c1-7-4-5-10(8-2-3-8)9(11)6-7;1-2/h4-6,8H,2-3H2,1H3;1-2H3. The molecule has 2 heteroatoms. The molecule has 1 aliphatic carbocycles. The third-order valence-electron chi connectivity index (χ3n) is 2.04. The smallest absolute Gasteiger partial charge is 0.251 e. The average molecular weight is 179 g/mol. The van der Waals surface area contributed by atoms with Crippen LogP contribution in [0.3, 0.4) is 0 Å². The number of hydrogen-bond acceptors (Lipinski definition) is 1. The first-order valence-electron chi connectivity index (χ1n) is 4.96. The summed E-state index contributed by atoms with van der Waals surface area (Å²) in [6, 6.07) is 4.18. The summed E-state index contributed by atoms with van der Waals surface area (Å²) >= 11 is 0. The molecule has 2 nitrogen and oxygen atoms in total. The van der Waals surface area contributed by atoms with E-state index in [9.17, 15) is 4.79 Å². The zero-order valence-corrected chi connectivity index (χ0v) is 8.58. The zero-order valence-electron chi connectivity index (χ0n) is 8.58. The molecule has 0 radical (unpaired) electrons. The number of rotatable bonds is 1. The quantitative estimate of drug-likeness (QED) is 0.649. The monoisotopic (exact) mass is 179 g/mol. The minimum Gasteiger partial charge on any atom is -0.312 e. The number of hydrogen-bond donors (Lipinski definition) is 0. The molecule has 1 aliphatic rings. The second kappa shape index (κ2) is 4.26. The van der Waals surface area contributed by atoms with E-state index in [1.54, 1.807) is 6.07 Å². The molecule has 1 saturated carbocycles. The fraction of sp³-hybridized carbons (Fsp3) is 0.545. The maximum atomic E-state index is 11.3. The van der Waals surface area contributed by atoms with Crippen LogP contribution in [0.1, 0.15) is 38.3 Å². The summed E-state index contributed by atoms with van der Waals surface area (Å²) in [5.41, 5.74) is 1.19. The van der Waals surface area contributed by atoms with Crippen molar-refractivity contribution in [2.45, 2.75) is 39.7 Å². The van der Waals surface area contributed by atoms with Gasteiger partial charge in [0.25, 0.3) is 5.56 Å². The van der Waals surface area contributed by atoms with E-state index in [4.69, 9.17) is 0 Å². The van der Waals surface area contributed by atoms with Gasteiger partial charge in [-0.1, -0.05) is 13.8 Å². The van der Waals surface area contributed by atoms with E-state index < -0.39 is 0 Å². The third kappa shape index (κ3) is 2.44. The van der Waals surface area contributed by atoms with Crippen molar-refractivity contribution in [3.63, 3.8) is 0 Å². The van der Waals surface area contributed by atoms with Gasteiger partial charge >= 0.3 is 0 Å². The van der Waals surface area contributed by atoms with Gasteiger partial charge in [0, 0.05) is 18.3 Å². The van der Waals surface area contributed by atoms with Gasteiger partial charge in [0.05, 0.1) is 0 Å². The van der Waals surface area contributed by atoms with Gasteiger partial charge in [-0.25, -0.2) is 0 Å². The van der Waals surface area contributed by atoms with E-state index in [1.807, 2.05) is 37.6 Å². The molecule has 0 spiro atoms. The van der Waals surface area contributed by atoms with E-state index in [-0.39, 0.29) is 5.56 Å².